The van der Waals surface area contributed by atoms with E-state index in [4.69, 9.17) is 34.9 Å². The number of hydrogen-bond donors (Lipinski definition) is 0. The summed E-state index contributed by atoms with van der Waals surface area (Å²) < 4.78 is 6.62. The van der Waals surface area contributed by atoms with Gasteiger partial charge >= 0.3 is 0 Å². The molecule has 0 saturated carbocycles. The molecule has 334 valence electrons. The Morgan fingerprint density at radius 1 is 0.310 bits per heavy atom. The van der Waals surface area contributed by atoms with E-state index in [-0.39, 0.29) is 0 Å². The average molecular weight is 913 g/mol. The van der Waals surface area contributed by atoms with Gasteiger partial charge in [-0.2, -0.15) is 19.9 Å². The minimum absolute atomic E-state index is 0.461. The maximum absolute atomic E-state index is 5.55. The molecule has 5 aromatic heterocycles. The molecule has 14 rings (SSSR count). The van der Waals surface area contributed by atoms with Gasteiger partial charge in [-0.3, -0.25) is 9.13 Å². The molecule has 0 amide bonds. The van der Waals surface area contributed by atoms with Crippen molar-refractivity contribution in [2.75, 3.05) is 0 Å². The summed E-state index contributed by atoms with van der Waals surface area (Å²) in [5.41, 5.74) is 10.4. The number of benzene rings is 8. The van der Waals surface area contributed by atoms with Crippen molar-refractivity contribution in [3.05, 3.63) is 217 Å². The molecule has 5 heterocycles. The van der Waals surface area contributed by atoms with Crippen LogP contribution in [0.2, 0.25) is 0 Å². The van der Waals surface area contributed by atoms with E-state index < -0.39 is 0 Å². The van der Waals surface area contributed by atoms with Gasteiger partial charge in [-0.05, 0) is 61.4 Å². The van der Waals surface area contributed by atoms with Crippen molar-refractivity contribution in [1.29, 1.82) is 0 Å². The summed E-state index contributed by atoms with van der Waals surface area (Å²) in [6.45, 7) is 0. The zero-order valence-corrected chi connectivity index (χ0v) is 38.2. The number of hydrogen-bond acceptors (Lipinski definition) is 7. The summed E-state index contributed by atoms with van der Waals surface area (Å²) in [6.07, 6.45) is 6.42. The van der Waals surface area contributed by atoms with Crippen molar-refractivity contribution < 1.29 is 0 Å². The molecule has 0 fully saturated rings. The monoisotopic (exact) mass is 912 g/mol. The van der Waals surface area contributed by atoms with Crippen molar-refractivity contribution in [2.45, 2.75) is 12.8 Å². The van der Waals surface area contributed by atoms with E-state index in [0.29, 0.717) is 41.0 Å². The van der Waals surface area contributed by atoms with Gasteiger partial charge in [0.25, 0.3) is 0 Å². The van der Waals surface area contributed by atoms with Gasteiger partial charge in [0.2, 0.25) is 11.9 Å². The molecule has 8 aromatic carbocycles. The first-order valence-corrected chi connectivity index (χ1v) is 23.8. The molecule has 0 spiro atoms. The standard InChI is InChI=1S/C61H40N10/c1-5-19-39(20-6-1)55-63-56(40-21-7-2-8-22-40)66-60(65-55)70-52-32-18-15-29-47(52)48-37-54-49(38-53(48)70)62-59(43-33-35-44(36-34-43)69-50-30-16-13-27-45(50)46-28-14-17-31-51(46)69)71(54)61-67-57(41-23-9-3-10-24-41)64-58(68-61)42-25-11-4-12-26-42/h1-14,16-17,19-38H,15,18H2. The summed E-state index contributed by atoms with van der Waals surface area (Å²) in [6, 6.07) is 70.6. The van der Waals surface area contributed by atoms with Gasteiger partial charge in [-0.15, -0.1) is 0 Å². The topological polar surface area (TPSA) is 105 Å². The van der Waals surface area contributed by atoms with E-state index in [1.54, 1.807) is 0 Å². The first-order valence-electron chi connectivity index (χ1n) is 23.8. The zero-order valence-electron chi connectivity index (χ0n) is 38.2. The molecule has 0 unspecified atom stereocenters. The molecule has 1 aliphatic carbocycles. The first-order chi connectivity index (χ1) is 35.2. The van der Waals surface area contributed by atoms with Crippen molar-refractivity contribution in [2.24, 2.45) is 0 Å². The first kappa shape index (κ1) is 40.4. The molecule has 0 atom stereocenters. The molecule has 0 radical (unpaired) electrons. The lowest BCUT2D eigenvalue weighted by atomic mass is 10.1. The van der Waals surface area contributed by atoms with Crippen LogP contribution in [0.4, 0.5) is 0 Å². The average Bonchev–Trinajstić information content (AvgIpc) is 4.11. The number of rotatable bonds is 8. The Balaban J connectivity index is 1.03. The molecule has 0 saturated heterocycles. The lowest BCUT2D eigenvalue weighted by molar-refractivity contribution is 0.902. The molecule has 0 bridgehead atoms. The van der Waals surface area contributed by atoms with E-state index in [1.165, 1.54) is 10.8 Å². The maximum Gasteiger partial charge on any atom is 0.240 e. The van der Waals surface area contributed by atoms with Gasteiger partial charge in [0, 0.05) is 54.9 Å². The van der Waals surface area contributed by atoms with Crippen LogP contribution in [0, 0.1) is 0 Å². The van der Waals surface area contributed by atoms with Crippen LogP contribution < -0.4 is 10.6 Å². The largest absolute Gasteiger partial charge is 0.309 e. The molecular weight excluding hydrogens is 873 g/mol. The Morgan fingerprint density at radius 3 is 1.27 bits per heavy atom. The lowest BCUT2D eigenvalue weighted by Crippen LogP contribution is -2.31. The third-order valence-corrected chi connectivity index (χ3v) is 13.4. The van der Waals surface area contributed by atoms with E-state index in [1.807, 2.05) is 121 Å². The molecular formula is C61H40N10. The molecule has 1 aliphatic rings. The SMILES string of the molecule is C1=c2c(n(-c3nc(-c4ccccc4)nc(-c4ccccc4)n3)c3cc4nc(-c5ccc(-n6c7ccccc7c7ccccc76)cc5)n(-c5nc(-c6ccccc6)nc(-c6ccccc6)n5)c4cc23)=CCC1. The number of fused-ring (bicyclic) bond motifs is 7. The fraction of sp³-hybridized carbons (Fsp3) is 0.0328. The molecule has 13 aromatic rings. The van der Waals surface area contributed by atoms with E-state index >= 15 is 0 Å². The third kappa shape index (κ3) is 6.83. The predicted octanol–water partition coefficient (Wildman–Crippen LogP) is 12.1. The highest BCUT2D eigenvalue weighted by molar-refractivity contribution is 6.09. The molecule has 10 nitrogen and oxygen atoms in total. The second-order valence-electron chi connectivity index (χ2n) is 17.7. The highest BCUT2D eigenvalue weighted by atomic mass is 15.2. The van der Waals surface area contributed by atoms with Crippen LogP contribution in [0.1, 0.15) is 12.8 Å². The second kappa shape index (κ2) is 16.5. The highest BCUT2D eigenvalue weighted by Gasteiger charge is 2.24. The summed E-state index contributed by atoms with van der Waals surface area (Å²) >= 11 is 0. The second-order valence-corrected chi connectivity index (χ2v) is 17.7. The predicted molar refractivity (Wildman–Crippen MR) is 284 cm³/mol. The summed E-state index contributed by atoms with van der Waals surface area (Å²) in [7, 11) is 0. The van der Waals surface area contributed by atoms with Crippen LogP contribution in [0.25, 0.3) is 130 Å². The number of imidazole rings is 1. The summed E-state index contributed by atoms with van der Waals surface area (Å²) in [5, 5.41) is 5.62. The summed E-state index contributed by atoms with van der Waals surface area (Å²) in [5.74, 6) is 4.01. The van der Waals surface area contributed by atoms with Crippen LogP contribution in [-0.2, 0) is 0 Å². The number of para-hydroxylation sites is 2. The maximum atomic E-state index is 5.55. The zero-order chi connectivity index (χ0) is 46.8. The Morgan fingerprint density at radius 2 is 0.761 bits per heavy atom. The molecule has 10 heteroatoms. The third-order valence-electron chi connectivity index (χ3n) is 13.4. The van der Waals surface area contributed by atoms with Crippen LogP contribution in [0.15, 0.2) is 206 Å². The fourth-order valence-electron chi connectivity index (χ4n) is 10.1. The van der Waals surface area contributed by atoms with Crippen molar-refractivity contribution in [3.8, 4) is 74.5 Å². The highest BCUT2D eigenvalue weighted by Crippen LogP contribution is 2.36. The van der Waals surface area contributed by atoms with E-state index in [9.17, 15) is 0 Å². The van der Waals surface area contributed by atoms with Crippen molar-refractivity contribution >= 4 is 55.9 Å². The molecule has 71 heavy (non-hydrogen) atoms. The normalized spacial score (nSPS) is 12.3. The fourth-order valence-corrected chi connectivity index (χ4v) is 10.1. The van der Waals surface area contributed by atoms with E-state index in [2.05, 4.69) is 111 Å². The van der Waals surface area contributed by atoms with Gasteiger partial charge < -0.3 is 4.57 Å². The minimum atomic E-state index is 0.461. The van der Waals surface area contributed by atoms with E-state index in [0.717, 1.165) is 89.9 Å². The quantitative estimate of drug-likeness (QED) is 0.149. The number of nitrogens with zero attached hydrogens (tertiary/aromatic N) is 10. The molecule has 0 aliphatic heterocycles. The lowest BCUT2D eigenvalue weighted by Gasteiger charge is -2.13. The summed E-state index contributed by atoms with van der Waals surface area (Å²) in [4.78, 5) is 36.7. The van der Waals surface area contributed by atoms with Gasteiger partial charge in [0.05, 0.1) is 32.9 Å². The Labute approximate surface area is 406 Å². The Bertz CT molecular complexity index is 4150. The number of aromatic nitrogens is 10. The van der Waals surface area contributed by atoms with Crippen LogP contribution >= 0.6 is 0 Å². The van der Waals surface area contributed by atoms with Gasteiger partial charge in [-0.1, -0.05) is 170 Å². The van der Waals surface area contributed by atoms with Crippen LogP contribution in [0.5, 0.6) is 0 Å². The Hall–Kier alpha value is -9.67. The van der Waals surface area contributed by atoms with Gasteiger partial charge in [-0.25, -0.2) is 15.0 Å². The van der Waals surface area contributed by atoms with Gasteiger partial charge in [0.1, 0.15) is 5.82 Å². The van der Waals surface area contributed by atoms with Gasteiger partial charge in [0.15, 0.2) is 23.3 Å². The Kier molecular flexibility index (Phi) is 9.41. The van der Waals surface area contributed by atoms with Crippen molar-refractivity contribution in [1.82, 2.24) is 48.6 Å². The van der Waals surface area contributed by atoms with Crippen molar-refractivity contribution in [3.63, 3.8) is 0 Å². The van der Waals surface area contributed by atoms with Crippen LogP contribution in [-0.4, -0.2) is 48.6 Å². The van der Waals surface area contributed by atoms with Crippen LogP contribution in [0.3, 0.4) is 0 Å². The smallest absolute Gasteiger partial charge is 0.240 e. The minimum Gasteiger partial charge on any atom is -0.309 e. The molecule has 0 N–H and O–H groups in total.